The number of hydrogen-bond donors (Lipinski definition) is 0. The summed E-state index contributed by atoms with van der Waals surface area (Å²) in [6, 6.07) is 0. The largest absolute Gasteiger partial charge is 0.445 e. The van der Waals surface area contributed by atoms with Crippen molar-refractivity contribution in [3.63, 3.8) is 0 Å². The van der Waals surface area contributed by atoms with E-state index in [1.165, 1.54) is 11.6 Å². The lowest BCUT2D eigenvalue weighted by molar-refractivity contribution is -0.388. The average Bonchev–Trinajstić information content (AvgIpc) is 2.94. The number of rotatable bonds is 4. The Bertz CT molecular complexity index is 681. The van der Waals surface area contributed by atoms with Gasteiger partial charge in [0, 0.05) is 6.54 Å². The number of aromatic nitrogens is 4. The Morgan fingerprint density at radius 2 is 2.10 bits per heavy atom. The summed E-state index contributed by atoms with van der Waals surface area (Å²) in [7, 11) is 0. The van der Waals surface area contributed by atoms with E-state index in [0.29, 0.717) is 17.9 Å². The zero-order chi connectivity index (χ0) is 15.8. The summed E-state index contributed by atoms with van der Waals surface area (Å²) in [4.78, 5) is 10.4. The number of nitro groups is 1. The van der Waals surface area contributed by atoms with Gasteiger partial charge in [-0.3, -0.25) is 14.8 Å². The van der Waals surface area contributed by atoms with Gasteiger partial charge in [0.25, 0.3) is 0 Å². The molecular formula is C9H8F3N5O2S2. The predicted molar refractivity (Wildman–Crippen MR) is 68.3 cm³/mol. The Kier molecular flexibility index (Phi) is 4.18. The molecule has 0 bridgehead atoms. The molecule has 0 atom stereocenters. The molecule has 0 aromatic carbocycles. The van der Waals surface area contributed by atoms with E-state index in [1.807, 2.05) is 0 Å². The number of alkyl halides is 3. The van der Waals surface area contributed by atoms with Crippen LogP contribution in [0.2, 0.25) is 0 Å². The van der Waals surface area contributed by atoms with Crippen molar-refractivity contribution < 1.29 is 18.1 Å². The second kappa shape index (κ2) is 5.60. The van der Waals surface area contributed by atoms with Gasteiger partial charge in [0.1, 0.15) is 5.69 Å². The van der Waals surface area contributed by atoms with Crippen LogP contribution in [0.5, 0.6) is 0 Å². The Labute approximate surface area is 124 Å². The van der Waals surface area contributed by atoms with Crippen molar-refractivity contribution in [2.75, 3.05) is 0 Å². The number of halogens is 3. The van der Waals surface area contributed by atoms with Gasteiger partial charge in [-0.15, -0.1) is 10.2 Å². The first-order valence-electron chi connectivity index (χ1n) is 5.54. The molecule has 0 N–H and O–H groups in total. The summed E-state index contributed by atoms with van der Waals surface area (Å²) < 4.78 is 38.7. The van der Waals surface area contributed by atoms with Gasteiger partial charge in [0.15, 0.2) is 9.37 Å². The zero-order valence-corrected chi connectivity index (χ0v) is 12.3. The third kappa shape index (κ3) is 3.15. The van der Waals surface area contributed by atoms with E-state index in [9.17, 15) is 23.3 Å². The first-order valence-corrected chi connectivity index (χ1v) is 7.17. The Balaban J connectivity index is 2.39. The maximum absolute atomic E-state index is 12.5. The van der Waals surface area contributed by atoms with Crippen molar-refractivity contribution >= 4 is 28.8 Å². The highest BCUT2D eigenvalue weighted by molar-refractivity contribution is 8.01. The third-order valence-corrected chi connectivity index (χ3v) is 4.48. The van der Waals surface area contributed by atoms with Gasteiger partial charge in [-0.1, -0.05) is 11.3 Å². The first kappa shape index (κ1) is 15.7. The van der Waals surface area contributed by atoms with E-state index in [4.69, 9.17) is 0 Å². The summed E-state index contributed by atoms with van der Waals surface area (Å²) in [6.45, 7) is 3.54. The molecule has 21 heavy (non-hydrogen) atoms. The van der Waals surface area contributed by atoms with Crippen molar-refractivity contribution in [1.29, 1.82) is 0 Å². The van der Waals surface area contributed by atoms with Gasteiger partial charge in [0.2, 0.25) is 5.01 Å². The number of aryl methyl sites for hydroxylation is 2. The lowest BCUT2D eigenvalue weighted by Gasteiger charge is -2.00. The molecule has 0 aliphatic rings. The van der Waals surface area contributed by atoms with Crippen LogP contribution in [0.3, 0.4) is 0 Å². The fraction of sp³-hybridized carbons (Fsp3) is 0.444. The minimum absolute atomic E-state index is 0.0278. The average molecular weight is 339 g/mol. The lowest BCUT2D eigenvalue weighted by atomic mass is 10.4. The molecule has 2 aromatic rings. The van der Waals surface area contributed by atoms with Crippen LogP contribution in [0.4, 0.5) is 18.9 Å². The van der Waals surface area contributed by atoms with E-state index in [1.54, 1.807) is 6.92 Å². The summed E-state index contributed by atoms with van der Waals surface area (Å²) in [5.41, 5.74) is -0.0319. The SMILES string of the molecule is CCn1nc(C)c([N+](=O)[O-])c1Sc1nnc(C(F)(F)F)s1. The minimum atomic E-state index is -4.58. The third-order valence-electron chi connectivity index (χ3n) is 2.37. The van der Waals surface area contributed by atoms with E-state index in [0.717, 1.165) is 11.8 Å². The molecule has 0 aliphatic carbocycles. The Morgan fingerprint density at radius 3 is 2.57 bits per heavy atom. The predicted octanol–water partition coefficient (Wildman–Crippen LogP) is 3.14. The smallest absolute Gasteiger partial charge is 0.258 e. The summed E-state index contributed by atoms with van der Waals surface area (Å²) in [5.74, 6) is 0. The van der Waals surface area contributed by atoms with E-state index in [-0.39, 0.29) is 20.7 Å². The summed E-state index contributed by atoms with van der Waals surface area (Å²) >= 11 is 1.09. The number of hydrogen-bond acceptors (Lipinski definition) is 7. The van der Waals surface area contributed by atoms with Gasteiger partial charge in [0.05, 0.1) is 4.92 Å². The second-order valence-electron chi connectivity index (χ2n) is 3.78. The molecule has 114 valence electrons. The second-order valence-corrected chi connectivity index (χ2v) is 6.00. The minimum Gasteiger partial charge on any atom is -0.258 e. The lowest BCUT2D eigenvalue weighted by Crippen LogP contribution is -2.03. The van der Waals surface area contributed by atoms with E-state index < -0.39 is 16.1 Å². The molecule has 2 heterocycles. The van der Waals surface area contributed by atoms with Crippen LogP contribution in [0.25, 0.3) is 0 Å². The quantitative estimate of drug-likeness (QED) is 0.628. The molecule has 0 amide bonds. The van der Waals surface area contributed by atoms with E-state index >= 15 is 0 Å². The van der Waals surface area contributed by atoms with Crippen molar-refractivity contribution in [3.05, 3.63) is 20.8 Å². The van der Waals surface area contributed by atoms with Crippen molar-refractivity contribution in [1.82, 2.24) is 20.0 Å². The van der Waals surface area contributed by atoms with Crippen molar-refractivity contribution in [2.45, 2.75) is 35.9 Å². The van der Waals surface area contributed by atoms with Crippen LogP contribution in [0, 0.1) is 17.0 Å². The molecule has 0 saturated heterocycles. The molecule has 0 aliphatic heterocycles. The van der Waals surface area contributed by atoms with Crippen LogP contribution in [0.15, 0.2) is 9.37 Å². The Morgan fingerprint density at radius 1 is 1.43 bits per heavy atom. The van der Waals surface area contributed by atoms with Crippen LogP contribution >= 0.6 is 23.1 Å². The fourth-order valence-electron chi connectivity index (χ4n) is 1.52. The monoisotopic (exact) mass is 339 g/mol. The van der Waals surface area contributed by atoms with Crippen molar-refractivity contribution in [2.24, 2.45) is 0 Å². The summed E-state index contributed by atoms with van der Waals surface area (Å²) in [6.07, 6.45) is -4.58. The van der Waals surface area contributed by atoms with Crippen molar-refractivity contribution in [3.8, 4) is 0 Å². The van der Waals surface area contributed by atoms with Crippen LogP contribution in [-0.2, 0) is 12.7 Å². The van der Waals surface area contributed by atoms with Crippen LogP contribution < -0.4 is 0 Å². The van der Waals surface area contributed by atoms with Crippen LogP contribution in [-0.4, -0.2) is 24.9 Å². The van der Waals surface area contributed by atoms with Gasteiger partial charge in [-0.2, -0.15) is 18.3 Å². The highest BCUT2D eigenvalue weighted by atomic mass is 32.2. The molecule has 12 heteroatoms. The molecule has 0 fully saturated rings. The fourth-order valence-corrected chi connectivity index (χ4v) is 3.45. The normalized spacial score (nSPS) is 11.9. The van der Waals surface area contributed by atoms with E-state index in [2.05, 4.69) is 15.3 Å². The highest BCUT2D eigenvalue weighted by Crippen LogP contribution is 2.40. The molecule has 0 saturated carbocycles. The maximum atomic E-state index is 12.5. The molecule has 2 rings (SSSR count). The first-order chi connectivity index (χ1) is 9.74. The molecule has 7 nitrogen and oxygen atoms in total. The summed E-state index contributed by atoms with van der Waals surface area (Å²) in [5, 5.41) is 20.6. The maximum Gasteiger partial charge on any atom is 0.445 e. The highest BCUT2D eigenvalue weighted by Gasteiger charge is 2.36. The van der Waals surface area contributed by atoms with Gasteiger partial charge in [-0.25, -0.2) is 0 Å². The topological polar surface area (TPSA) is 86.7 Å². The van der Waals surface area contributed by atoms with Crippen LogP contribution in [0.1, 0.15) is 17.6 Å². The molecule has 0 radical (unpaired) electrons. The van der Waals surface area contributed by atoms with Gasteiger partial charge < -0.3 is 0 Å². The van der Waals surface area contributed by atoms with Gasteiger partial charge in [-0.05, 0) is 25.6 Å². The zero-order valence-electron chi connectivity index (χ0n) is 10.7. The standard InChI is InChI=1S/C9H8F3N5O2S2/c1-3-16-6(5(17(18)19)4(2)15-16)20-8-14-13-7(21-8)9(10,11)12/h3H2,1-2H3. The molecule has 2 aromatic heterocycles. The Hall–Kier alpha value is -1.69. The van der Waals surface area contributed by atoms with Gasteiger partial charge >= 0.3 is 11.9 Å². The number of nitrogens with zero attached hydrogens (tertiary/aromatic N) is 5. The molecule has 0 unspecified atom stereocenters. The molecule has 0 spiro atoms. The molecular weight excluding hydrogens is 331 g/mol.